The predicted octanol–water partition coefficient (Wildman–Crippen LogP) is 4.70. The van der Waals surface area contributed by atoms with Crippen molar-refractivity contribution in [3.05, 3.63) is 83.4 Å². The summed E-state index contributed by atoms with van der Waals surface area (Å²) in [7, 11) is -3.67. The SMILES string of the molecule is CC(C(=O)NCc1cnc(C(F)(F)F)cc1-c1ccccc1)c1ccc(NS(C)(=O)=O)c(F)c1. The molecule has 11 heteroatoms. The summed E-state index contributed by atoms with van der Waals surface area (Å²) in [4.78, 5) is 16.2. The lowest BCUT2D eigenvalue weighted by Gasteiger charge is -2.16. The quantitative estimate of drug-likeness (QED) is 0.465. The van der Waals surface area contributed by atoms with Gasteiger partial charge in [-0.05, 0) is 47.4 Å². The van der Waals surface area contributed by atoms with Gasteiger partial charge in [-0.1, -0.05) is 36.4 Å². The summed E-state index contributed by atoms with van der Waals surface area (Å²) in [5, 5.41) is 2.64. The molecule has 1 heterocycles. The lowest BCUT2D eigenvalue weighted by molar-refractivity contribution is -0.141. The number of pyridine rings is 1. The first-order valence-electron chi connectivity index (χ1n) is 10.0. The average Bonchev–Trinajstić information content (AvgIpc) is 2.77. The molecule has 0 radical (unpaired) electrons. The molecule has 0 saturated heterocycles. The van der Waals surface area contributed by atoms with Gasteiger partial charge < -0.3 is 5.32 Å². The second kappa shape index (κ2) is 9.80. The molecule has 0 spiro atoms. The van der Waals surface area contributed by atoms with E-state index in [1.54, 1.807) is 30.3 Å². The van der Waals surface area contributed by atoms with Crippen molar-refractivity contribution in [3.63, 3.8) is 0 Å². The molecular weight excluding hydrogens is 474 g/mol. The molecule has 2 aromatic carbocycles. The minimum Gasteiger partial charge on any atom is -0.351 e. The van der Waals surface area contributed by atoms with E-state index >= 15 is 0 Å². The van der Waals surface area contributed by atoms with Crippen molar-refractivity contribution < 1.29 is 30.8 Å². The third-order valence-corrected chi connectivity index (χ3v) is 5.59. The van der Waals surface area contributed by atoms with Crippen molar-refractivity contribution in [2.45, 2.75) is 25.6 Å². The van der Waals surface area contributed by atoms with Gasteiger partial charge in [0.2, 0.25) is 15.9 Å². The van der Waals surface area contributed by atoms with Crippen LogP contribution in [0.2, 0.25) is 0 Å². The molecule has 3 rings (SSSR count). The average molecular weight is 495 g/mol. The molecule has 0 fully saturated rings. The first-order valence-corrected chi connectivity index (χ1v) is 11.9. The van der Waals surface area contributed by atoms with Crippen molar-refractivity contribution >= 4 is 21.6 Å². The van der Waals surface area contributed by atoms with E-state index in [4.69, 9.17) is 0 Å². The molecule has 2 N–H and O–H groups in total. The first kappa shape index (κ1) is 25.2. The van der Waals surface area contributed by atoms with Gasteiger partial charge in [0.25, 0.3) is 0 Å². The number of rotatable bonds is 7. The third-order valence-electron chi connectivity index (χ3n) is 5.00. The number of benzene rings is 2. The van der Waals surface area contributed by atoms with Gasteiger partial charge in [-0.2, -0.15) is 13.2 Å². The Morgan fingerprint density at radius 3 is 2.35 bits per heavy atom. The number of hydrogen-bond donors (Lipinski definition) is 2. The number of nitrogens with one attached hydrogen (secondary N) is 2. The second-order valence-electron chi connectivity index (χ2n) is 7.64. The Morgan fingerprint density at radius 2 is 1.76 bits per heavy atom. The first-order chi connectivity index (χ1) is 15.8. The number of halogens is 4. The van der Waals surface area contributed by atoms with Crippen LogP contribution in [0, 0.1) is 5.82 Å². The molecule has 0 saturated carbocycles. The standard InChI is InChI=1S/C23H21F4N3O3S/c1-14(16-8-9-20(19(24)10-16)30-34(2,32)33)22(31)29-13-17-12-28-21(23(25,26)27)11-18(17)15-6-4-3-5-7-15/h3-12,14,30H,13H2,1-2H3,(H,29,31). The van der Waals surface area contributed by atoms with Crippen molar-refractivity contribution in [1.29, 1.82) is 0 Å². The lowest BCUT2D eigenvalue weighted by Crippen LogP contribution is -2.28. The molecule has 0 aliphatic heterocycles. The Bertz CT molecular complexity index is 1300. The van der Waals surface area contributed by atoms with Crippen LogP contribution in [0.5, 0.6) is 0 Å². The van der Waals surface area contributed by atoms with Crippen LogP contribution in [-0.4, -0.2) is 25.6 Å². The fourth-order valence-electron chi connectivity index (χ4n) is 3.24. The zero-order valence-electron chi connectivity index (χ0n) is 18.2. The molecule has 0 aliphatic carbocycles. The fourth-order valence-corrected chi connectivity index (χ4v) is 3.80. The maximum atomic E-state index is 14.3. The van der Waals surface area contributed by atoms with Crippen LogP contribution in [0.25, 0.3) is 11.1 Å². The van der Waals surface area contributed by atoms with Gasteiger partial charge in [-0.15, -0.1) is 0 Å². The summed E-state index contributed by atoms with van der Waals surface area (Å²) in [6, 6.07) is 13.0. The van der Waals surface area contributed by atoms with Gasteiger partial charge in [-0.25, -0.2) is 12.8 Å². The summed E-state index contributed by atoms with van der Waals surface area (Å²) in [5.41, 5.74) is 0.179. The number of carbonyl (C=O) groups excluding carboxylic acids is 1. The van der Waals surface area contributed by atoms with E-state index < -0.39 is 39.5 Å². The molecule has 3 aromatic rings. The Kier molecular flexibility index (Phi) is 7.25. The highest BCUT2D eigenvalue weighted by molar-refractivity contribution is 7.92. The van der Waals surface area contributed by atoms with Crippen molar-refractivity contribution in [1.82, 2.24) is 10.3 Å². The van der Waals surface area contributed by atoms with E-state index in [9.17, 15) is 30.8 Å². The minimum absolute atomic E-state index is 0.102. The maximum Gasteiger partial charge on any atom is 0.433 e. The monoisotopic (exact) mass is 495 g/mol. The highest BCUT2D eigenvalue weighted by Gasteiger charge is 2.33. The van der Waals surface area contributed by atoms with Crippen LogP contribution >= 0.6 is 0 Å². The van der Waals surface area contributed by atoms with Gasteiger partial charge in [0.05, 0.1) is 17.9 Å². The predicted molar refractivity (Wildman–Crippen MR) is 120 cm³/mol. The molecule has 180 valence electrons. The molecule has 1 unspecified atom stereocenters. The smallest absolute Gasteiger partial charge is 0.351 e. The van der Waals surface area contributed by atoms with Gasteiger partial charge in [0.1, 0.15) is 11.5 Å². The molecule has 1 aromatic heterocycles. The van der Waals surface area contributed by atoms with E-state index in [0.29, 0.717) is 16.7 Å². The molecule has 0 bridgehead atoms. The Labute approximate surface area is 194 Å². The number of nitrogens with zero attached hydrogens (tertiary/aromatic N) is 1. The minimum atomic E-state index is -4.62. The third kappa shape index (κ3) is 6.31. The molecule has 0 aliphatic rings. The Balaban J connectivity index is 1.80. The number of carbonyl (C=O) groups is 1. The zero-order chi connectivity index (χ0) is 25.1. The number of hydrogen-bond acceptors (Lipinski definition) is 4. The number of anilines is 1. The van der Waals surface area contributed by atoms with E-state index in [1.807, 2.05) is 4.72 Å². The highest BCUT2D eigenvalue weighted by Crippen LogP contribution is 2.32. The maximum absolute atomic E-state index is 14.3. The summed E-state index contributed by atoms with van der Waals surface area (Å²) >= 11 is 0. The van der Waals surface area contributed by atoms with E-state index in [0.717, 1.165) is 24.6 Å². The van der Waals surface area contributed by atoms with Crippen molar-refractivity contribution in [3.8, 4) is 11.1 Å². The van der Waals surface area contributed by atoms with Crippen LogP contribution < -0.4 is 10.0 Å². The molecule has 34 heavy (non-hydrogen) atoms. The number of sulfonamides is 1. The summed E-state index contributed by atoms with van der Waals surface area (Å²) in [5.74, 6) is -2.16. The number of amides is 1. The van der Waals surface area contributed by atoms with Crippen LogP contribution in [0.4, 0.5) is 23.2 Å². The molecule has 1 amide bonds. The van der Waals surface area contributed by atoms with Gasteiger partial charge >= 0.3 is 6.18 Å². The normalized spacial score (nSPS) is 12.8. The van der Waals surface area contributed by atoms with E-state index in [-0.39, 0.29) is 17.8 Å². The van der Waals surface area contributed by atoms with E-state index in [2.05, 4.69) is 10.3 Å². The largest absolute Gasteiger partial charge is 0.433 e. The summed E-state index contributed by atoms with van der Waals surface area (Å²) in [6.07, 6.45) is -2.67. The van der Waals surface area contributed by atoms with E-state index in [1.165, 1.54) is 19.1 Å². The van der Waals surface area contributed by atoms with Gasteiger partial charge in [0, 0.05) is 12.7 Å². The Morgan fingerprint density at radius 1 is 1.09 bits per heavy atom. The number of aromatic nitrogens is 1. The zero-order valence-corrected chi connectivity index (χ0v) is 19.0. The van der Waals surface area contributed by atoms with Crippen LogP contribution in [-0.2, 0) is 27.5 Å². The van der Waals surface area contributed by atoms with Crippen LogP contribution in [0.1, 0.15) is 29.7 Å². The topological polar surface area (TPSA) is 88.2 Å². The Hall–Kier alpha value is -3.47. The molecule has 6 nitrogen and oxygen atoms in total. The van der Waals surface area contributed by atoms with Gasteiger partial charge in [0.15, 0.2) is 0 Å². The summed E-state index contributed by atoms with van der Waals surface area (Å²) < 4.78 is 78.4. The fraction of sp³-hybridized carbons (Fsp3) is 0.217. The van der Waals surface area contributed by atoms with Gasteiger partial charge in [-0.3, -0.25) is 14.5 Å². The lowest BCUT2D eigenvalue weighted by atomic mass is 9.98. The molecular formula is C23H21F4N3O3S. The van der Waals surface area contributed by atoms with Crippen LogP contribution in [0.3, 0.4) is 0 Å². The molecule has 1 atom stereocenters. The number of alkyl halides is 3. The summed E-state index contributed by atoms with van der Waals surface area (Å²) in [6.45, 7) is 1.42. The second-order valence-corrected chi connectivity index (χ2v) is 9.39. The van der Waals surface area contributed by atoms with Crippen molar-refractivity contribution in [2.24, 2.45) is 0 Å². The highest BCUT2D eigenvalue weighted by atomic mass is 32.2. The van der Waals surface area contributed by atoms with Crippen LogP contribution in [0.15, 0.2) is 60.8 Å². The van der Waals surface area contributed by atoms with Crippen molar-refractivity contribution in [2.75, 3.05) is 11.0 Å².